The fourth-order valence-electron chi connectivity index (χ4n) is 1.67. The van der Waals surface area contributed by atoms with Gasteiger partial charge in [0.15, 0.2) is 0 Å². The van der Waals surface area contributed by atoms with Gasteiger partial charge < -0.3 is 0 Å². The summed E-state index contributed by atoms with van der Waals surface area (Å²) < 4.78 is 0. The third-order valence-electron chi connectivity index (χ3n) is 2.97. The third kappa shape index (κ3) is 3.85. The topological polar surface area (TPSA) is 0 Å². The SMILES string of the molecule is [B]C(C)C(C)C(P)C(CC)C(=C)C. The van der Waals surface area contributed by atoms with Crippen molar-refractivity contribution in [3.05, 3.63) is 12.2 Å². The second-order valence-corrected chi connectivity index (χ2v) is 4.93. The Bertz CT molecular complexity index is 165. The first-order valence-corrected chi connectivity index (χ1v) is 5.75. The quantitative estimate of drug-likeness (QED) is 0.359. The molecule has 0 aliphatic heterocycles. The standard InChI is InChI=1S/C11H22BP/c1-6-10(7(2)3)11(13)8(4)9(5)12/h8-11H,2,6,13H2,1,3-5H3. The molecule has 0 bridgehead atoms. The van der Waals surface area contributed by atoms with Gasteiger partial charge in [-0.15, -0.1) is 9.24 Å². The fraction of sp³-hybridized carbons (Fsp3) is 0.818. The lowest BCUT2D eigenvalue weighted by Crippen LogP contribution is -2.24. The lowest BCUT2D eigenvalue weighted by Gasteiger charge is -2.31. The molecule has 0 fully saturated rings. The zero-order valence-corrected chi connectivity index (χ0v) is 10.5. The van der Waals surface area contributed by atoms with Gasteiger partial charge >= 0.3 is 0 Å². The monoisotopic (exact) mass is 196 g/mol. The molecule has 0 heterocycles. The maximum Gasteiger partial charge on any atom is 0.0699 e. The Morgan fingerprint density at radius 2 is 1.92 bits per heavy atom. The van der Waals surface area contributed by atoms with Crippen LogP contribution in [0.4, 0.5) is 0 Å². The van der Waals surface area contributed by atoms with Gasteiger partial charge in [0.05, 0.1) is 7.85 Å². The van der Waals surface area contributed by atoms with Crippen LogP contribution in [0.2, 0.25) is 5.82 Å². The summed E-state index contributed by atoms with van der Waals surface area (Å²) in [5.41, 5.74) is 1.83. The van der Waals surface area contributed by atoms with Crippen LogP contribution < -0.4 is 0 Å². The molecule has 0 aromatic carbocycles. The van der Waals surface area contributed by atoms with Gasteiger partial charge in [-0.05, 0) is 30.8 Å². The first kappa shape index (κ1) is 13.2. The van der Waals surface area contributed by atoms with E-state index in [1.165, 1.54) is 5.57 Å². The zero-order valence-electron chi connectivity index (χ0n) is 9.38. The van der Waals surface area contributed by atoms with Crippen LogP contribution in [0.5, 0.6) is 0 Å². The van der Waals surface area contributed by atoms with E-state index >= 15 is 0 Å². The van der Waals surface area contributed by atoms with E-state index in [1.54, 1.807) is 0 Å². The van der Waals surface area contributed by atoms with Gasteiger partial charge in [0.25, 0.3) is 0 Å². The van der Waals surface area contributed by atoms with E-state index in [0.717, 1.165) is 6.42 Å². The zero-order chi connectivity index (χ0) is 10.6. The molecule has 2 heteroatoms. The minimum atomic E-state index is 0.260. The van der Waals surface area contributed by atoms with Crippen LogP contribution in [0.15, 0.2) is 12.2 Å². The highest BCUT2D eigenvalue weighted by Gasteiger charge is 2.23. The molecular formula is C11H22BP. The highest BCUT2D eigenvalue weighted by atomic mass is 31.0. The maximum absolute atomic E-state index is 5.89. The highest BCUT2D eigenvalue weighted by molar-refractivity contribution is 7.17. The summed E-state index contributed by atoms with van der Waals surface area (Å²) >= 11 is 0. The molecule has 0 spiro atoms. The van der Waals surface area contributed by atoms with E-state index in [9.17, 15) is 0 Å². The molecule has 2 radical (unpaired) electrons. The Kier molecular flexibility index (Phi) is 5.97. The van der Waals surface area contributed by atoms with Crippen molar-refractivity contribution >= 4 is 17.1 Å². The lowest BCUT2D eigenvalue weighted by molar-refractivity contribution is 0.429. The predicted molar refractivity (Wildman–Crippen MR) is 66.4 cm³/mol. The number of hydrogen-bond acceptors (Lipinski definition) is 0. The maximum atomic E-state index is 5.89. The van der Waals surface area contributed by atoms with Crippen LogP contribution >= 0.6 is 9.24 Å². The minimum Gasteiger partial charge on any atom is -0.134 e. The van der Waals surface area contributed by atoms with E-state index in [0.29, 0.717) is 17.5 Å². The third-order valence-corrected chi connectivity index (χ3v) is 4.05. The van der Waals surface area contributed by atoms with Crippen LogP contribution in [-0.4, -0.2) is 13.5 Å². The molecule has 13 heavy (non-hydrogen) atoms. The Hall–Kier alpha value is 0.235. The Labute approximate surface area is 87.2 Å². The second-order valence-electron chi connectivity index (χ2n) is 4.16. The molecule has 74 valence electrons. The van der Waals surface area contributed by atoms with E-state index in [1.807, 2.05) is 0 Å². The summed E-state index contributed by atoms with van der Waals surface area (Å²) in [6.45, 7) is 12.7. The Morgan fingerprint density at radius 3 is 2.15 bits per heavy atom. The van der Waals surface area contributed by atoms with Gasteiger partial charge in [0, 0.05) is 0 Å². The first-order chi connectivity index (χ1) is 5.91. The van der Waals surface area contributed by atoms with E-state index in [4.69, 9.17) is 7.85 Å². The minimum absolute atomic E-state index is 0.260. The van der Waals surface area contributed by atoms with Gasteiger partial charge in [-0.1, -0.05) is 38.7 Å². The van der Waals surface area contributed by atoms with Crippen LogP contribution in [0.1, 0.15) is 34.1 Å². The fourth-order valence-corrected chi connectivity index (χ4v) is 2.62. The first-order valence-electron chi connectivity index (χ1n) is 5.08. The van der Waals surface area contributed by atoms with Gasteiger partial charge in [-0.2, -0.15) is 0 Å². The van der Waals surface area contributed by atoms with E-state index < -0.39 is 0 Å². The van der Waals surface area contributed by atoms with Crippen molar-refractivity contribution in [3.63, 3.8) is 0 Å². The lowest BCUT2D eigenvalue weighted by atomic mass is 9.73. The Morgan fingerprint density at radius 1 is 1.46 bits per heavy atom. The highest BCUT2D eigenvalue weighted by Crippen LogP contribution is 2.33. The predicted octanol–water partition coefficient (Wildman–Crippen LogP) is 3.45. The average Bonchev–Trinajstić information content (AvgIpc) is 2.03. The van der Waals surface area contributed by atoms with Crippen molar-refractivity contribution in [2.75, 3.05) is 0 Å². The molecule has 0 aromatic rings. The number of allylic oxidation sites excluding steroid dienone is 1. The van der Waals surface area contributed by atoms with E-state index in [-0.39, 0.29) is 5.82 Å². The van der Waals surface area contributed by atoms with Crippen molar-refractivity contribution < 1.29 is 0 Å². The number of hydrogen-bond donors (Lipinski definition) is 0. The summed E-state index contributed by atoms with van der Waals surface area (Å²) in [6.07, 6.45) is 1.15. The van der Waals surface area contributed by atoms with Gasteiger partial charge in [-0.25, -0.2) is 0 Å². The molecule has 0 rings (SSSR count). The summed E-state index contributed by atoms with van der Waals surface area (Å²) in [5, 5.41) is 0. The summed E-state index contributed by atoms with van der Waals surface area (Å²) in [7, 11) is 8.82. The summed E-state index contributed by atoms with van der Waals surface area (Å²) in [6, 6.07) is 0. The van der Waals surface area contributed by atoms with E-state index in [2.05, 4.69) is 43.5 Å². The van der Waals surface area contributed by atoms with Crippen molar-refractivity contribution in [1.29, 1.82) is 0 Å². The van der Waals surface area contributed by atoms with Gasteiger partial charge in [0.1, 0.15) is 0 Å². The van der Waals surface area contributed by atoms with Crippen molar-refractivity contribution in [2.45, 2.75) is 45.6 Å². The molecule has 0 nitrogen and oxygen atoms in total. The second kappa shape index (κ2) is 5.86. The van der Waals surface area contributed by atoms with Crippen molar-refractivity contribution in [3.8, 4) is 0 Å². The van der Waals surface area contributed by atoms with Crippen molar-refractivity contribution in [2.24, 2.45) is 11.8 Å². The number of rotatable bonds is 5. The van der Waals surface area contributed by atoms with Gasteiger partial charge in [0.2, 0.25) is 0 Å². The van der Waals surface area contributed by atoms with Gasteiger partial charge in [-0.3, -0.25) is 0 Å². The summed E-state index contributed by atoms with van der Waals surface area (Å²) in [4.78, 5) is 0. The van der Waals surface area contributed by atoms with Crippen molar-refractivity contribution in [1.82, 2.24) is 0 Å². The van der Waals surface area contributed by atoms with Crippen LogP contribution in [0, 0.1) is 11.8 Å². The molecule has 5 atom stereocenters. The molecule has 0 amide bonds. The average molecular weight is 196 g/mol. The smallest absolute Gasteiger partial charge is 0.0699 e. The molecule has 5 unspecified atom stereocenters. The van der Waals surface area contributed by atoms with Crippen LogP contribution in [-0.2, 0) is 0 Å². The molecule has 0 N–H and O–H groups in total. The molecule has 0 aliphatic carbocycles. The normalized spacial score (nSPS) is 20.4. The molecule has 0 aliphatic rings. The van der Waals surface area contributed by atoms with Crippen LogP contribution in [0.3, 0.4) is 0 Å². The van der Waals surface area contributed by atoms with Crippen LogP contribution in [0.25, 0.3) is 0 Å². The molecule has 0 aromatic heterocycles. The largest absolute Gasteiger partial charge is 0.134 e. The molecule has 0 saturated carbocycles. The molecule has 0 saturated heterocycles. The summed E-state index contributed by atoms with van der Waals surface area (Å²) in [5.74, 6) is 1.38. The molecular weight excluding hydrogens is 174 g/mol. The Balaban J connectivity index is 4.36.